The van der Waals surface area contributed by atoms with Crippen LogP contribution >= 0.6 is 0 Å². The molecule has 1 aliphatic carbocycles. The Hall–Kier alpha value is -2.16. The van der Waals surface area contributed by atoms with Crippen LogP contribution in [0.5, 0.6) is 0 Å². The SMILES string of the molecule is CCc1ccc(NC(c2cccc(F)c2)C2CCCCC2=O)cc1. The maximum Gasteiger partial charge on any atom is 0.138 e. The van der Waals surface area contributed by atoms with E-state index < -0.39 is 0 Å². The molecule has 0 amide bonds. The Kier molecular flexibility index (Phi) is 5.29. The van der Waals surface area contributed by atoms with E-state index in [0.29, 0.717) is 6.42 Å². The largest absolute Gasteiger partial charge is 0.378 e. The number of anilines is 1. The molecule has 3 rings (SSSR count). The van der Waals surface area contributed by atoms with Gasteiger partial charge in [0.1, 0.15) is 11.6 Å². The van der Waals surface area contributed by atoms with Gasteiger partial charge in [-0.3, -0.25) is 4.79 Å². The van der Waals surface area contributed by atoms with Gasteiger partial charge in [0.15, 0.2) is 0 Å². The fraction of sp³-hybridized carbons (Fsp3) is 0.381. The van der Waals surface area contributed by atoms with Crippen LogP contribution in [0.25, 0.3) is 0 Å². The molecule has 2 aromatic carbocycles. The predicted molar refractivity (Wildman–Crippen MR) is 95.5 cm³/mol. The number of carbonyl (C=O) groups is 1. The van der Waals surface area contributed by atoms with Crippen LogP contribution < -0.4 is 5.32 Å². The molecule has 0 aliphatic heterocycles. The molecule has 2 unspecified atom stereocenters. The van der Waals surface area contributed by atoms with E-state index in [0.717, 1.165) is 36.9 Å². The maximum atomic E-state index is 13.7. The average Bonchev–Trinajstić information content (AvgIpc) is 2.61. The Morgan fingerprint density at radius 1 is 1.17 bits per heavy atom. The van der Waals surface area contributed by atoms with Gasteiger partial charge in [-0.1, -0.05) is 37.6 Å². The zero-order valence-electron chi connectivity index (χ0n) is 14.1. The molecule has 1 N–H and O–H groups in total. The Balaban J connectivity index is 1.90. The lowest BCUT2D eigenvalue weighted by molar-refractivity contribution is -0.125. The molecular weight excluding hydrogens is 301 g/mol. The van der Waals surface area contributed by atoms with Gasteiger partial charge in [-0.25, -0.2) is 4.39 Å². The van der Waals surface area contributed by atoms with Crippen molar-refractivity contribution in [3.63, 3.8) is 0 Å². The quantitative estimate of drug-likeness (QED) is 0.808. The monoisotopic (exact) mass is 325 g/mol. The number of ketones is 1. The van der Waals surface area contributed by atoms with Crippen molar-refractivity contribution in [1.29, 1.82) is 0 Å². The number of Topliss-reactive ketones (excluding diaryl/α,β-unsaturated/α-hetero) is 1. The lowest BCUT2D eigenvalue weighted by Crippen LogP contribution is -2.30. The smallest absolute Gasteiger partial charge is 0.138 e. The number of hydrogen-bond donors (Lipinski definition) is 1. The molecule has 0 saturated heterocycles. The van der Waals surface area contributed by atoms with Crippen molar-refractivity contribution in [1.82, 2.24) is 0 Å². The van der Waals surface area contributed by atoms with Crippen molar-refractivity contribution in [2.24, 2.45) is 5.92 Å². The molecule has 24 heavy (non-hydrogen) atoms. The molecule has 0 spiro atoms. The third kappa shape index (κ3) is 3.84. The van der Waals surface area contributed by atoms with Gasteiger partial charge >= 0.3 is 0 Å². The highest BCUT2D eigenvalue weighted by Gasteiger charge is 2.31. The summed E-state index contributed by atoms with van der Waals surface area (Å²) >= 11 is 0. The molecule has 0 aromatic heterocycles. The number of carbonyl (C=O) groups excluding carboxylic acids is 1. The molecular formula is C21H24FNO. The van der Waals surface area contributed by atoms with Crippen LogP contribution in [-0.4, -0.2) is 5.78 Å². The van der Waals surface area contributed by atoms with Crippen molar-refractivity contribution in [2.75, 3.05) is 5.32 Å². The summed E-state index contributed by atoms with van der Waals surface area (Å²) in [6, 6.07) is 14.7. The number of aryl methyl sites for hydroxylation is 1. The van der Waals surface area contributed by atoms with E-state index in [2.05, 4.69) is 24.4 Å². The minimum Gasteiger partial charge on any atom is -0.378 e. The first-order chi connectivity index (χ1) is 11.7. The van der Waals surface area contributed by atoms with Crippen molar-refractivity contribution in [2.45, 2.75) is 45.1 Å². The number of nitrogens with one attached hydrogen (secondary N) is 1. The third-order valence-corrected chi connectivity index (χ3v) is 4.90. The van der Waals surface area contributed by atoms with Crippen LogP contribution in [-0.2, 0) is 11.2 Å². The second kappa shape index (κ2) is 7.61. The molecule has 0 heterocycles. The zero-order chi connectivity index (χ0) is 16.9. The number of halogens is 1. The Labute approximate surface area is 143 Å². The fourth-order valence-corrected chi connectivity index (χ4v) is 3.49. The van der Waals surface area contributed by atoms with Crippen LogP contribution in [0.2, 0.25) is 0 Å². The van der Waals surface area contributed by atoms with E-state index in [4.69, 9.17) is 0 Å². The lowest BCUT2D eigenvalue weighted by atomic mass is 9.80. The van der Waals surface area contributed by atoms with Gasteiger partial charge in [0, 0.05) is 18.0 Å². The van der Waals surface area contributed by atoms with Gasteiger partial charge < -0.3 is 5.32 Å². The number of benzene rings is 2. The fourth-order valence-electron chi connectivity index (χ4n) is 3.49. The van der Waals surface area contributed by atoms with E-state index in [9.17, 15) is 9.18 Å². The molecule has 126 valence electrons. The summed E-state index contributed by atoms with van der Waals surface area (Å²) in [5.41, 5.74) is 3.09. The van der Waals surface area contributed by atoms with Gasteiger partial charge in [0.05, 0.1) is 6.04 Å². The normalized spacial score (nSPS) is 19.1. The molecule has 1 saturated carbocycles. The van der Waals surface area contributed by atoms with Gasteiger partial charge in [0.25, 0.3) is 0 Å². The highest BCUT2D eigenvalue weighted by atomic mass is 19.1. The first-order valence-corrected chi connectivity index (χ1v) is 8.81. The molecule has 2 aromatic rings. The average molecular weight is 325 g/mol. The zero-order valence-corrected chi connectivity index (χ0v) is 14.1. The standard InChI is InChI=1S/C21H24FNO/c1-2-15-10-12-18(13-11-15)23-21(16-6-5-7-17(22)14-16)19-8-3-4-9-20(19)24/h5-7,10-14,19,21,23H,2-4,8-9H2,1H3. The van der Waals surface area contributed by atoms with Gasteiger partial charge in [0.2, 0.25) is 0 Å². The summed E-state index contributed by atoms with van der Waals surface area (Å²) in [4.78, 5) is 12.5. The Morgan fingerprint density at radius 3 is 2.62 bits per heavy atom. The topological polar surface area (TPSA) is 29.1 Å². The molecule has 0 radical (unpaired) electrons. The number of rotatable bonds is 5. The van der Waals surface area contributed by atoms with Crippen LogP contribution in [0.15, 0.2) is 48.5 Å². The Morgan fingerprint density at radius 2 is 1.96 bits per heavy atom. The van der Waals surface area contributed by atoms with Crippen molar-refractivity contribution < 1.29 is 9.18 Å². The van der Waals surface area contributed by atoms with E-state index in [1.54, 1.807) is 12.1 Å². The third-order valence-electron chi connectivity index (χ3n) is 4.90. The van der Waals surface area contributed by atoms with Crippen LogP contribution in [0.4, 0.5) is 10.1 Å². The highest BCUT2D eigenvalue weighted by molar-refractivity contribution is 5.83. The molecule has 1 fully saturated rings. The highest BCUT2D eigenvalue weighted by Crippen LogP contribution is 2.35. The van der Waals surface area contributed by atoms with Crippen molar-refractivity contribution >= 4 is 11.5 Å². The summed E-state index contributed by atoms with van der Waals surface area (Å²) in [7, 11) is 0. The molecule has 2 nitrogen and oxygen atoms in total. The Bertz CT molecular complexity index is 695. The van der Waals surface area contributed by atoms with E-state index in [1.807, 2.05) is 18.2 Å². The molecule has 0 bridgehead atoms. The molecule has 2 atom stereocenters. The summed E-state index contributed by atoms with van der Waals surface area (Å²) in [5, 5.41) is 3.49. The van der Waals surface area contributed by atoms with E-state index in [1.165, 1.54) is 11.6 Å². The first kappa shape index (κ1) is 16.7. The second-order valence-electron chi connectivity index (χ2n) is 6.55. The van der Waals surface area contributed by atoms with Crippen LogP contribution in [0, 0.1) is 11.7 Å². The van der Waals surface area contributed by atoms with E-state index in [-0.39, 0.29) is 23.6 Å². The molecule has 1 aliphatic rings. The minimum absolute atomic E-state index is 0.0913. The first-order valence-electron chi connectivity index (χ1n) is 8.81. The van der Waals surface area contributed by atoms with Crippen LogP contribution in [0.1, 0.15) is 49.8 Å². The number of hydrogen-bond acceptors (Lipinski definition) is 2. The summed E-state index contributed by atoms with van der Waals surface area (Å²) in [5.74, 6) is -0.0662. The molecule has 3 heteroatoms. The summed E-state index contributed by atoms with van der Waals surface area (Å²) in [6.45, 7) is 2.12. The van der Waals surface area contributed by atoms with Gasteiger partial charge in [-0.2, -0.15) is 0 Å². The lowest BCUT2D eigenvalue weighted by Gasteiger charge is -2.31. The predicted octanol–water partition coefficient (Wildman–Crippen LogP) is 5.30. The van der Waals surface area contributed by atoms with E-state index >= 15 is 0 Å². The summed E-state index contributed by atoms with van der Waals surface area (Å²) in [6.07, 6.45) is 4.51. The second-order valence-corrected chi connectivity index (χ2v) is 6.55. The van der Waals surface area contributed by atoms with Crippen molar-refractivity contribution in [3.8, 4) is 0 Å². The maximum absolute atomic E-state index is 13.7. The van der Waals surface area contributed by atoms with Gasteiger partial charge in [-0.15, -0.1) is 0 Å². The minimum atomic E-state index is -0.260. The van der Waals surface area contributed by atoms with Crippen molar-refractivity contribution in [3.05, 3.63) is 65.5 Å². The summed E-state index contributed by atoms with van der Waals surface area (Å²) < 4.78 is 13.7. The van der Waals surface area contributed by atoms with Gasteiger partial charge in [-0.05, 0) is 54.7 Å². The van der Waals surface area contributed by atoms with Crippen LogP contribution in [0.3, 0.4) is 0 Å².